The van der Waals surface area contributed by atoms with E-state index in [9.17, 15) is 18.0 Å². The molecule has 0 unspecified atom stereocenters. The number of carbonyl (C=O) groups excluding carboxylic acids is 1. The molecule has 1 amide bonds. The molecule has 0 aliphatic carbocycles. The van der Waals surface area contributed by atoms with Gasteiger partial charge in [-0.05, 0) is 43.2 Å². The van der Waals surface area contributed by atoms with E-state index in [1.165, 1.54) is 17.0 Å². The van der Waals surface area contributed by atoms with Gasteiger partial charge in [-0.2, -0.15) is 13.2 Å². The Balaban J connectivity index is 1.88. The number of aryl methyl sites for hydroxylation is 1. The minimum atomic E-state index is -4.38. The Morgan fingerprint density at radius 3 is 2.47 bits per heavy atom. The first-order valence-electron chi connectivity index (χ1n) is 9.45. The van der Waals surface area contributed by atoms with Crippen molar-refractivity contribution in [2.45, 2.75) is 33.1 Å². The Bertz CT molecular complexity index is 1030. The summed E-state index contributed by atoms with van der Waals surface area (Å²) < 4.78 is 50.8. The molecule has 0 N–H and O–H groups in total. The van der Waals surface area contributed by atoms with Crippen molar-refractivity contribution in [3.8, 4) is 5.75 Å². The number of carbonyl (C=O) groups is 1. The standard InChI is InChI=1S/C21H22F3N3O3/c1-4-16-19(26(3)20(28)29-5-2)27-12-6-7-17(18(27)25-16)30-13-14-8-10-15(11-9-14)21(22,23)24/h6-12H,4-5,13H2,1-3H3. The lowest BCUT2D eigenvalue weighted by molar-refractivity contribution is -0.137. The summed E-state index contributed by atoms with van der Waals surface area (Å²) in [5.41, 5.74) is 1.08. The number of anilines is 1. The predicted octanol–water partition coefficient (Wildman–Crippen LogP) is 5.09. The third kappa shape index (κ3) is 4.34. The number of nitrogens with zero attached hydrogens (tertiary/aromatic N) is 3. The second-order valence-electron chi connectivity index (χ2n) is 6.54. The number of ether oxygens (including phenoxy) is 2. The summed E-state index contributed by atoms with van der Waals surface area (Å²) in [6.07, 6.45) is -2.53. The highest BCUT2D eigenvalue weighted by molar-refractivity contribution is 5.87. The van der Waals surface area contributed by atoms with Crippen LogP contribution in [-0.4, -0.2) is 29.1 Å². The zero-order chi connectivity index (χ0) is 21.9. The van der Waals surface area contributed by atoms with Crippen LogP contribution in [0.25, 0.3) is 5.65 Å². The molecule has 0 aliphatic rings. The van der Waals surface area contributed by atoms with E-state index in [1.807, 2.05) is 6.92 Å². The predicted molar refractivity (Wildman–Crippen MR) is 106 cm³/mol. The summed E-state index contributed by atoms with van der Waals surface area (Å²) in [5, 5.41) is 0. The molecule has 1 aromatic carbocycles. The molecule has 2 aromatic heterocycles. The highest BCUT2D eigenvalue weighted by Crippen LogP contribution is 2.30. The van der Waals surface area contributed by atoms with Crippen LogP contribution in [0.5, 0.6) is 5.75 Å². The molecule has 0 bridgehead atoms. The van der Waals surface area contributed by atoms with E-state index in [1.54, 1.807) is 36.7 Å². The first-order valence-corrected chi connectivity index (χ1v) is 9.45. The number of imidazole rings is 1. The van der Waals surface area contributed by atoms with Crippen LogP contribution >= 0.6 is 0 Å². The zero-order valence-electron chi connectivity index (χ0n) is 16.9. The van der Waals surface area contributed by atoms with Gasteiger partial charge < -0.3 is 9.47 Å². The van der Waals surface area contributed by atoms with Crippen LogP contribution in [0.4, 0.5) is 23.8 Å². The zero-order valence-corrected chi connectivity index (χ0v) is 16.9. The van der Waals surface area contributed by atoms with E-state index in [0.717, 1.165) is 12.1 Å². The van der Waals surface area contributed by atoms with E-state index < -0.39 is 17.8 Å². The minimum absolute atomic E-state index is 0.0785. The fourth-order valence-corrected chi connectivity index (χ4v) is 3.04. The third-order valence-corrected chi connectivity index (χ3v) is 4.53. The number of hydrogen-bond acceptors (Lipinski definition) is 4. The summed E-state index contributed by atoms with van der Waals surface area (Å²) in [7, 11) is 1.61. The second kappa shape index (κ2) is 8.64. The number of hydrogen-bond donors (Lipinski definition) is 0. The normalized spacial score (nSPS) is 11.5. The first kappa shape index (κ1) is 21.5. The lowest BCUT2D eigenvalue weighted by atomic mass is 10.1. The maximum absolute atomic E-state index is 12.7. The van der Waals surface area contributed by atoms with Gasteiger partial charge in [0.2, 0.25) is 0 Å². The summed E-state index contributed by atoms with van der Waals surface area (Å²) >= 11 is 0. The van der Waals surface area contributed by atoms with Gasteiger partial charge in [0.25, 0.3) is 0 Å². The molecule has 160 valence electrons. The lowest BCUT2D eigenvalue weighted by Gasteiger charge is -2.17. The molecule has 2 heterocycles. The number of amides is 1. The Hall–Kier alpha value is -3.23. The molecule has 30 heavy (non-hydrogen) atoms. The Kier molecular flexibility index (Phi) is 6.19. The van der Waals surface area contributed by atoms with Gasteiger partial charge in [-0.25, -0.2) is 9.78 Å². The summed E-state index contributed by atoms with van der Waals surface area (Å²) in [6.45, 7) is 3.99. The van der Waals surface area contributed by atoms with E-state index in [4.69, 9.17) is 9.47 Å². The average Bonchev–Trinajstić information content (AvgIpc) is 3.10. The molecule has 0 saturated heterocycles. The van der Waals surface area contributed by atoms with Gasteiger partial charge in [-0.15, -0.1) is 0 Å². The van der Waals surface area contributed by atoms with Gasteiger partial charge in [-0.3, -0.25) is 9.30 Å². The summed E-state index contributed by atoms with van der Waals surface area (Å²) in [4.78, 5) is 18.2. The molecule has 3 aromatic rings. The molecule has 0 fully saturated rings. The molecule has 0 spiro atoms. The van der Waals surface area contributed by atoms with Crippen LogP contribution in [0.1, 0.15) is 30.7 Å². The van der Waals surface area contributed by atoms with E-state index in [2.05, 4.69) is 4.98 Å². The smallest absolute Gasteiger partial charge is 0.416 e. The van der Waals surface area contributed by atoms with Crippen molar-refractivity contribution in [2.75, 3.05) is 18.6 Å². The van der Waals surface area contributed by atoms with Crippen molar-refractivity contribution in [1.29, 1.82) is 0 Å². The van der Waals surface area contributed by atoms with Gasteiger partial charge in [0.05, 0.1) is 17.9 Å². The Morgan fingerprint density at radius 1 is 1.17 bits per heavy atom. The number of pyridine rings is 1. The van der Waals surface area contributed by atoms with Crippen molar-refractivity contribution < 1.29 is 27.4 Å². The van der Waals surface area contributed by atoms with Gasteiger partial charge in [0.15, 0.2) is 11.4 Å². The molecule has 6 nitrogen and oxygen atoms in total. The Labute approximate surface area is 171 Å². The van der Waals surface area contributed by atoms with Crippen LogP contribution in [-0.2, 0) is 23.9 Å². The molecule has 0 saturated carbocycles. The van der Waals surface area contributed by atoms with Crippen molar-refractivity contribution in [3.63, 3.8) is 0 Å². The highest BCUT2D eigenvalue weighted by atomic mass is 19.4. The summed E-state index contributed by atoms with van der Waals surface area (Å²) in [6, 6.07) is 8.28. The largest absolute Gasteiger partial charge is 0.485 e. The number of rotatable bonds is 6. The number of fused-ring (bicyclic) bond motifs is 1. The van der Waals surface area contributed by atoms with Crippen molar-refractivity contribution >= 4 is 17.6 Å². The maximum atomic E-state index is 12.7. The third-order valence-electron chi connectivity index (χ3n) is 4.53. The van der Waals surface area contributed by atoms with Crippen LogP contribution < -0.4 is 9.64 Å². The SMILES string of the molecule is CCOC(=O)N(C)c1c(CC)nc2c(OCc3ccc(C(F)(F)F)cc3)cccn12. The maximum Gasteiger partial charge on any atom is 0.416 e. The molecular formula is C21H22F3N3O3. The van der Waals surface area contributed by atoms with E-state index in [-0.39, 0.29) is 13.2 Å². The van der Waals surface area contributed by atoms with Crippen LogP contribution in [0.3, 0.4) is 0 Å². The van der Waals surface area contributed by atoms with Crippen LogP contribution in [0.15, 0.2) is 42.6 Å². The fourth-order valence-electron chi connectivity index (χ4n) is 3.04. The van der Waals surface area contributed by atoms with Crippen molar-refractivity contribution in [2.24, 2.45) is 0 Å². The lowest BCUT2D eigenvalue weighted by Crippen LogP contribution is -2.29. The van der Waals surface area contributed by atoms with Crippen molar-refractivity contribution in [3.05, 3.63) is 59.4 Å². The first-order chi connectivity index (χ1) is 14.3. The quantitative estimate of drug-likeness (QED) is 0.557. The number of halogens is 3. The van der Waals surface area contributed by atoms with Gasteiger partial charge in [-0.1, -0.05) is 19.1 Å². The number of alkyl halides is 3. The van der Waals surface area contributed by atoms with Crippen LogP contribution in [0.2, 0.25) is 0 Å². The Morgan fingerprint density at radius 2 is 1.87 bits per heavy atom. The number of benzene rings is 1. The molecule has 0 atom stereocenters. The molecule has 0 radical (unpaired) electrons. The number of aromatic nitrogens is 2. The van der Waals surface area contributed by atoms with Crippen molar-refractivity contribution in [1.82, 2.24) is 9.38 Å². The molecule has 9 heteroatoms. The minimum Gasteiger partial charge on any atom is -0.485 e. The van der Waals surface area contributed by atoms with Gasteiger partial charge >= 0.3 is 12.3 Å². The topological polar surface area (TPSA) is 56.1 Å². The summed E-state index contributed by atoms with van der Waals surface area (Å²) in [5.74, 6) is 1.03. The second-order valence-corrected chi connectivity index (χ2v) is 6.54. The van der Waals surface area contributed by atoms with E-state index >= 15 is 0 Å². The van der Waals surface area contributed by atoms with Crippen LogP contribution in [0, 0.1) is 0 Å². The fraction of sp³-hybridized carbons (Fsp3) is 0.333. The highest BCUT2D eigenvalue weighted by Gasteiger charge is 2.30. The molecular weight excluding hydrogens is 399 g/mol. The monoisotopic (exact) mass is 421 g/mol. The van der Waals surface area contributed by atoms with E-state index in [0.29, 0.717) is 34.9 Å². The van der Waals surface area contributed by atoms with Gasteiger partial charge in [0.1, 0.15) is 12.4 Å². The van der Waals surface area contributed by atoms with Gasteiger partial charge in [0, 0.05) is 13.2 Å². The average molecular weight is 421 g/mol. The molecule has 3 rings (SSSR count). The molecule has 0 aliphatic heterocycles.